The van der Waals surface area contributed by atoms with E-state index in [1.54, 1.807) is 41.5 Å². The molecular formula is C16H13N5OS. The number of benzene rings is 2. The minimum absolute atomic E-state index is 0.0610. The van der Waals surface area contributed by atoms with E-state index in [4.69, 9.17) is 0 Å². The lowest BCUT2D eigenvalue weighted by Crippen LogP contribution is -2.26. The number of thiazole rings is 1. The summed E-state index contributed by atoms with van der Waals surface area (Å²) in [4.78, 5) is 18.8. The number of para-hydroxylation sites is 1. The number of nitrogens with zero attached hydrogens (tertiary/aromatic N) is 4. The van der Waals surface area contributed by atoms with Crippen LogP contribution in [0.4, 0.5) is 0 Å². The Bertz CT molecular complexity index is 973. The molecule has 1 amide bonds. The average Bonchev–Trinajstić information content (AvgIpc) is 3.18. The molecule has 0 atom stereocenters. The molecule has 7 heteroatoms. The molecule has 4 rings (SSSR count). The fourth-order valence-corrected chi connectivity index (χ4v) is 3.48. The Kier molecular flexibility index (Phi) is 3.27. The maximum Gasteiger partial charge on any atom is 0.254 e. The molecule has 0 aliphatic rings. The predicted molar refractivity (Wildman–Crippen MR) is 89.3 cm³/mol. The van der Waals surface area contributed by atoms with Gasteiger partial charge in [-0.3, -0.25) is 4.79 Å². The fourth-order valence-electron chi connectivity index (χ4n) is 2.46. The van der Waals surface area contributed by atoms with Crippen molar-refractivity contribution >= 4 is 38.5 Å². The van der Waals surface area contributed by atoms with Gasteiger partial charge in [0.15, 0.2) is 0 Å². The molecule has 1 N–H and O–H groups in total. The van der Waals surface area contributed by atoms with E-state index in [1.165, 1.54) is 0 Å². The third-order valence-electron chi connectivity index (χ3n) is 3.62. The lowest BCUT2D eigenvalue weighted by atomic mass is 10.2. The van der Waals surface area contributed by atoms with Crippen molar-refractivity contribution in [3.05, 3.63) is 53.0 Å². The molecule has 0 spiro atoms. The van der Waals surface area contributed by atoms with Crippen LogP contribution in [0.25, 0.3) is 21.3 Å². The van der Waals surface area contributed by atoms with Crippen LogP contribution in [0.3, 0.4) is 0 Å². The van der Waals surface area contributed by atoms with E-state index in [0.717, 1.165) is 20.7 Å². The Balaban J connectivity index is 1.57. The van der Waals surface area contributed by atoms with Gasteiger partial charge in [-0.1, -0.05) is 12.1 Å². The summed E-state index contributed by atoms with van der Waals surface area (Å²) in [6.07, 6.45) is 0. The SMILES string of the molecule is CN(Cc1nc2ccccc2s1)C(=O)c1ccc2n[nH]nc2c1. The van der Waals surface area contributed by atoms with E-state index in [0.29, 0.717) is 17.6 Å². The number of amides is 1. The number of aromatic nitrogens is 4. The Labute approximate surface area is 135 Å². The minimum atomic E-state index is -0.0610. The second-order valence-electron chi connectivity index (χ2n) is 5.26. The van der Waals surface area contributed by atoms with Crippen LogP contribution in [0.15, 0.2) is 42.5 Å². The van der Waals surface area contributed by atoms with Crippen LogP contribution in [0.1, 0.15) is 15.4 Å². The van der Waals surface area contributed by atoms with Gasteiger partial charge >= 0.3 is 0 Å². The van der Waals surface area contributed by atoms with E-state index in [9.17, 15) is 4.79 Å². The number of aromatic amines is 1. The van der Waals surface area contributed by atoms with Crippen molar-refractivity contribution in [2.24, 2.45) is 0 Å². The molecule has 2 aromatic heterocycles. The third-order valence-corrected chi connectivity index (χ3v) is 4.64. The predicted octanol–water partition coefficient (Wildman–Crippen LogP) is 2.84. The highest BCUT2D eigenvalue weighted by atomic mass is 32.1. The van der Waals surface area contributed by atoms with E-state index in [-0.39, 0.29) is 5.91 Å². The van der Waals surface area contributed by atoms with Crippen LogP contribution in [0, 0.1) is 0 Å². The topological polar surface area (TPSA) is 74.8 Å². The van der Waals surface area contributed by atoms with Crippen molar-refractivity contribution in [2.45, 2.75) is 6.54 Å². The fraction of sp³-hybridized carbons (Fsp3) is 0.125. The Hall–Kier alpha value is -2.80. The zero-order valence-corrected chi connectivity index (χ0v) is 13.2. The second kappa shape index (κ2) is 5.44. The van der Waals surface area contributed by atoms with Crippen molar-refractivity contribution in [1.29, 1.82) is 0 Å². The summed E-state index contributed by atoms with van der Waals surface area (Å²) in [5.74, 6) is -0.0610. The lowest BCUT2D eigenvalue weighted by molar-refractivity contribution is 0.0785. The van der Waals surface area contributed by atoms with Crippen LogP contribution in [-0.4, -0.2) is 38.2 Å². The van der Waals surface area contributed by atoms with Gasteiger partial charge in [0.1, 0.15) is 16.0 Å². The van der Waals surface area contributed by atoms with Crippen LogP contribution in [0.5, 0.6) is 0 Å². The maximum absolute atomic E-state index is 12.6. The first-order chi connectivity index (χ1) is 11.2. The number of rotatable bonds is 3. The van der Waals surface area contributed by atoms with Gasteiger partial charge < -0.3 is 4.90 Å². The normalized spacial score (nSPS) is 11.2. The summed E-state index contributed by atoms with van der Waals surface area (Å²) < 4.78 is 1.13. The van der Waals surface area contributed by atoms with Crippen LogP contribution >= 0.6 is 11.3 Å². The van der Waals surface area contributed by atoms with Crippen LogP contribution in [-0.2, 0) is 6.54 Å². The minimum Gasteiger partial charge on any atom is -0.335 e. The molecule has 6 nitrogen and oxygen atoms in total. The van der Waals surface area contributed by atoms with Crippen LogP contribution < -0.4 is 0 Å². The zero-order chi connectivity index (χ0) is 15.8. The first kappa shape index (κ1) is 13.8. The van der Waals surface area contributed by atoms with Gasteiger partial charge in [0, 0.05) is 12.6 Å². The van der Waals surface area contributed by atoms with Crippen molar-refractivity contribution in [3.63, 3.8) is 0 Å². The number of nitrogens with one attached hydrogen (secondary N) is 1. The lowest BCUT2D eigenvalue weighted by Gasteiger charge is -2.15. The summed E-state index contributed by atoms with van der Waals surface area (Å²) in [6, 6.07) is 13.3. The summed E-state index contributed by atoms with van der Waals surface area (Å²) in [5, 5.41) is 11.5. The molecule has 0 bridgehead atoms. The Morgan fingerprint density at radius 3 is 2.83 bits per heavy atom. The molecule has 0 fully saturated rings. The molecule has 0 saturated heterocycles. The second-order valence-corrected chi connectivity index (χ2v) is 6.38. The molecule has 2 heterocycles. The highest BCUT2D eigenvalue weighted by molar-refractivity contribution is 7.18. The zero-order valence-electron chi connectivity index (χ0n) is 12.4. The number of carbonyl (C=O) groups excluding carboxylic acids is 1. The van der Waals surface area contributed by atoms with Gasteiger partial charge in [-0.05, 0) is 30.3 Å². The molecule has 23 heavy (non-hydrogen) atoms. The Morgan fingerprint density at radius 1 is 1.13 bits per heavy atom. The number of fused-ring (bicyclic) bond motifs is 2. The Morgan fingerprint density at radius 2 is 1.96 bits per heavy atom. The molecule has 0 aliphatic carbocycles. The molecule has 0 aliphatic heterocycles. The quantitative estimate of drug-likeness (QED) is 0.629. The van der Waals surface area contributed by atoms with Crippen molar-refractivity contribution in [3.8, 4) is 0 Å². The van der Waals surface area contributed by atoms with Gasteiger partial charge in [0.25, 0.3) is 5.91 Å². The van der Waals surface area contributed by atoms with E-state index < -0.39 is 0 Å². The van der Waals surface area contributed by atoms with E-state index >= 15 is 0 Å². The third kappa shape index (κ3) is 2.55. The van der Waals surface area contributed by atoms with Crippen LogP contribution in [0.2, 0.25) is 0 Å². The first-order valence-electron chi connectivity index (χ1n) is 7.11. The maximum atomic E-state index is 12.6. The number of hydrogen-bond acceptors (Lipinski definition) is 5. The van der Waals surface area contributed by atoms with Gasteiger partial charge in [-0.25, -0.2) is 4.98 Å². The molecule has 4 aromatic rings. The molecule has 0 unspecified atom stereocenters. The summed E-state index contributed by atoms with van der Waals surface area (Å²) in [7, 11) is 1.78. The average molecular weight is 323 g/mol. The van der Waals surface area contributed by atoms with Gasteiger partial charge in [-0.2, -0.15) is 15.4 Å². The number of hydrogen-bond donors (Lipinski definition) is 1. The monoisotopic (exact) mass is 323 g/mol. The number of H-pyrrole nitrogens is 1. The molecule has 0 radical (unpaired) electrons. The number of carbonyl (C=O) groups is 1. The van der Waals surface area contributed by atoms with E-state index in [2.05, 4.69) is 20.4 Å². The molecular weight excluding hydrogens is 310 g/mol. The van der Waals surface area contributed by atoms with Gasteiger partial charge in [-0.15, -0.1) is 11.3 Å². The largest absolute Gasteiger partial charge is 0.335 e. The molecule has 114 valence electrons. The first-order valence-corrected chi connectivity index (χ1v) is 7.93. The van der Waals surface area contributed by atoms with Crippen molar-refractivity contribution in [2.75, 3.05) is 7.05 Å². The summed E-state index contributed by atoms with van der Waals surface area (Å²) >= 11 is 1.61. The molecule has 2 aromatic carbocycles. The van der Waals surface area contributed by atoms with Gasteiger partial charge in [0.2, 0.25) is 0 Å². The van der Waals surface area contributed by atoms with E-state index in [1.807, 2.05) is 24.3 Å². The molecule has 0 saturated carbocycles. The van der Waals surface area contributed by atoms with Crippen molar-refractivity contribution < 1.29 is 4.79 Å². The standard InChI is InChI=1S/C16H13N5OS/c1-21(9-15-17-12-4-2-3-5-14(12)23-15)16(22)10-6-7-11-13(8-10)19-20-18-11/h2-8H,9H2,1H3,(H,18,19,20). The van der Waals surface area contributed by atoms with Crippen molar-refractivity contribution in [1.82, 2.24) is 25.3 Å². The summed E-state index contributed by atoms with van der Waals surface area (Å²) in [5.41, 5.74) is 2.99. The smallest absolute Gasteiger partial charge is 0.254 e. The van der Waals surface area contributed by atoms with Gasteiger partial charge in [0.05, 0.1) is 16.8 Å². The summed E-state index contributed by atoms with van der Waals surface area (Å²) in [6.45, 7) is 0.481. The highest BCUT2D eigenvalue weighted by Crippen LogP contribution is 2.23. The highest BCUT2D eigenvalue weighted by Gasteiger charge is 2.15.